The second-order valence-electron chi connectivity index (χ2n) is 4.01. The first kappa shape index (κ1) is 14.2. The van der Waals surface area contributed by atoms with Crippen LogP contribution in [0, 0.1) is 18.3 Å². The third-order valence-corrected chi connectivity index (χ3v) is 3.34. The molecule has 1 aromatic carbocycles. The summed E-state index contributed by atoms with van der Waals surface area (Å²) in [5.74, 6) is 5.55. The minimum Gasteiger partial charge on any atom is -0.335 e. The van der Waals surface area contributed by atoms with Crippen molar-refractivity contribution in [1.82, 2.24) is 9.24 Å². The van der Waals surface area contributed by atoms with Gasteiger partial charge < -0.3 is 5.84 Å². The Morgan fingerprint density at radius 1 is 1.20 bits per heavy atom. The third-order valence-electron chi connectivity index (χ3n) is 2.73. The molecule has 2 aromatic rings. The highest BCUT2D eigenvalue weighted by Crippen LogP contribution is 2.26. The lowest BCUT2D eigenvalue weighted by Crippen LogP contribution is -2.42. The maximum absolute atomic E-state index is 12.1. The van der Waals surface area contributed by atoms with Gasteiger partial charge in [0.05, 0.1) is 21.3 Å². The molecule has 0 spiro atoms. The first-order chi connectivity index (χ1) is 9.36. The minimum absolute atomic E-state index is 0.0572. The van der Waals surface area contributed by atoms with Crippen molar-refractivity contribution in [1.29, 1.82) is 5.26 Å². The number of hydrogen-bond donors (Lipinski definition) is 1. The number of nitrogen functional groups attached to an aromatic ring is 1. The van der Waals surface area contributed by atoms with Crippen LogP contribution in [0.5, 0.6) is 0 Å². The molecule has 0 aliphatic heterocycles. The molecule has 0 aliphatic rings. The molecule has 0 atom stereocenters. The van der Waals surface area contributed by atoms with Crippen LogP contribution in [-0.2, 0) is 0 Å². The molecular formula is C12H8Cl2N4O2. The smallest absolute Gasteiger partial charge is 0.335 e. The number of aromatic nitrogens is 2. The predicted molar refractivity (Wildman–Crippen MR) is 75.9 cm³/mol. The maximum Gasteiger partial charge on any atom is 0.354 e. The van der Waals surface area contributed by atoms with Gasteiger partial charge in [-0.15, -0.1) is 0 Å². The van der Waals surface area contributed by atoms with E-state index in [4.69, 9.17) is 34.3 Å². The normalized spacial score (nSPS) is 10.3. The number of aryl methyl sites for hydroxylation is 1. The molecule has 0 saturated carbocycles. The van der Waals surface area contributed by atoms with Gasteiger partial charge in [-0.2, -0.15) is 5.26 Å². The van der Waals surface area contributed by atoms with E-state index in [1.807, 2.05) is 6.07 Å². The van der Waals surface area contributed by atoms with E-state index in [1.54, 1.807) is 0 Å². The summed E-state index contributed by atoms with van der Waals surface area (Å²) in [6.07, 6.45) is 0. The summed E-state index contributed by atoms with van der Waals surface area (Å²) < 4.78 is 1.60. The zero-order chi connectivity index (χ0) is 15.0. The van der Waals surface area contributed by atoms with Gasteiger partial charge in [0, 0.05) is 11.8 Å². The summed E-state index contributed by atoms with van der Waals surface area (Å²) in [6.45, 7) is 1.53. The Morgan fingerprint density at radius 3 is 2.45 bits per heavy atom. The highest BCUT2D eigenvalue weighted by molar-refractivity contribution is 6.36. The van der Waals surface area contributed by atoms with Gasteiger partial charge in [-0.1, -0.05) is 23.2 Å². The van der Waals surface area contributed by atoms with Gasteiger partial charge in [0.15, 0.2) is 0 Å². The van der Waals surface area contributed by atoms with E-state index < -0.39 is 11.2 Å². The average Bonchev–Trinajstić information content (AvgIpc) is 2.38. The second kappa shape index (κ2) is 5.04. The molecular weight excluding hydrogens is 303 g/mol. The van der Waals surface area contributed by atoms with Crippen molar-refractivity contribution in [2.24, 2.45) is 0 Å². The molecule has 0 fully saturated rings. The van der Waals surface area contributed by atoms with Crippen molar-refractivity contribution < 1.29 is 0 Å². The molecule has 2 rings (SSSR count). The van der Waals surface area contributed by atoms with Gasteiger partial charge >= 0.3 is 5.69 Å². The molecule has 1 heterocycles. The van der Waals surface area contributed by atoms with Gasteiger partial charge in [-0.25, -0.2) is 14.0 Å². The van der Waals surface area contributed by atoms with Gasteiger partial charge in [0.2, 0.25) is 0 Å². The summed E-state index contributed by atoms with van der Waals surface area (Å²) in [7, 11) is 0. The minimum atomic E-state index is -0.761. The quantitative estimate of drug-likeness (QED) is 0.801. The Kier molecular flexibility index (Phi) is 3.57. The number of rotatable bonds is 1. The van der Waals surface area contributed by atoms with E-state index in [0.717, 1.165) is 9.24 Å². The maximum atomic E-state index is 12.1. The molecule has 8 heteroatoms. The monoisotopic (exact) mass is 310 g/mol. The molecule has 2 N–H and O–H groups in total. The van der Waals surface area contributed by atoms with Gasteiger partial charge in [0.1, 0.15) is 6.07 Å². The average molecular weight is 311 g/mol. The molecule has 0 amide bonds. The van der Waals surface area contributed by atoms with Crippen LogP contribution in [0.4, 0.5) is 0 Å². The van der Waals surface area contributed by atoms with Crippen molar-refractivity contribution >= 4 is 23.2 Å². The van der Waals surface area contributed by atoms with Gasteiger partial charge in [-0.3, -0.25) is 4.79 Å². The van der Waals surface area contributed by atoms with Gasteiger partial charge in [0.25, 0.3) is 5.56 Å². The van der Waals surface area contributed by atoms with E-state index in [0.29, 0.717) is 5.69 Å². The number of hydrogen-bond acceptors (Lipinski definition) is 4. The Balaban J connectivity index is 2.90. The Bertz CT molecular complexity index is 861. The van der Waals surface area contributed by atoms with Crippen LogP contribution >= 0.6 is 23.2 Å². The first-order valence-corrected chi connectivity index (χ1v) is 6.12. The van der Waals surface area contributed by atoms with E-state index in [2.05, 4.69) is 0 Å². The molecule has 0 saturated heterocycles. The Morgan fingerprint density at radius 2 is 1.85 bits per heavy atom. The van der Waals surface area contributed by atoms with Crippen molar-refractivity contribution in [3.05, 3.63) is 60.3 Å². The van der Waals surface area contributed by atoms with Crippen LogP contribution < -0.4 is 17.1 Å². The van der Waals surface area contributed by atoms with E-state index in [-0.39, 0.29) is 21.3 Å². The fourth-order valence-corrected chi connectivity index (χ4v) is 2.19. The highest BCUT2D eigenvalue weighted by atomic mass is 35.5. The molecule has 0 radical (unpaired) electrons. The molecule has 6 nitrogen and oxygen atoms in total. The number of nitrogens with two attached hydrogens (primary N) is 1. The third kappa shape index (κ3) is 2.18. The first-order valence-electron chi connectivity index (χ1n) is 5.37. The summed E-state index contributed by atoms with van der Waals surface area (Å²) >= 11 is 11.8. The van der Waals surface area contributed by atoms with Crippen LogP contribution in [-0.4, -0.2) is 9.24 Å². The van der Waals surface area contributed by atoms with E-state index in [1.165, 1.54) is 25.1 Å². The van der Waals surface area contributed by atoms with Crippen LogP contribution in [0.25, 0.3) is 5.69 Å². The van der Waals surface area contributed by atoms with E-state index in [9.17, 15) is 9.59 Å². The van der Waals surface area contributed by atoms with Crippen molar-refractivity contribution in [2.75, 3.05) is 5.84 Å². The highest BCUT2D eigenvalue weighted by Gasteiger charge is 2.14. The van der Waals surface area contributed by atoms with Gasteiger partial charge in [-0.05, 0) is 19.1 Å². The van der Waals surface area contributed by atoms with Crippen molar-refractivity contribution in [3.8, 4) is 11.8 Å². The predicted octanol–water partition coefficient (Wildman–Crippen LogP) is 1.20. The topological polar surface area (TPSA) is 93.8 Å². The molecule has 0 aliphatic carbocycles. The molecule has 1 aromatic heterocycles. The lowest BCUT2D eigenvalue weighted by molar-refractivity contribution is 0.751. The van der Waals surface area contributed by atoms with Crippen LogP contribution in [0.1, 0.15) is 11.3 Å². The van der Waals surface area contributed by atoms with Crippen LogP contribution in [0.2, 0.25) is 10.0 Å². The number of nitrogens with zero attached hydrogens (tertiary/aromatic N) is 3. The number of nitriles is 1. The zero-order valence-corrected chi connectivity index (χ0v) is 11.7. The summed E-state index contributed by atoms with van der Waals surface area (Å²) in [5, 5.41) is 9.15. The SMILES string of the molecule is Cc1cc(=O)n(-c2cc(C#N)c(Cl)cc2Cl)c(=O)n1N. The lowest BCUT2D eigenvalue weighted by atomic mass is 10.2. The van der Waals surface area contributed by atoms with Crippen molar-refractivity contribution in [3.63, 3.8) is 0 Å². The fourth-order valence-electron chi connectivity index (χ4n) is 1.68. The molecule has 20 heavy (non-hydrogen) atoms. The van der Waals surface area contributed by atoms with Crippen molar-refractivity contribution in [2.45, 2.75) is 6.92 Å². The largest absolute Gasteiger partial charge is 0.354 e. The second-order valence-corrected chi connectivity index (χ2v) is 4.82. The zero-order valence-electron chi connectivity index (χ0n) is 10.2. The van der Waals surface area contributed by atoms with Crippen LogP contribution in [0.15, 0.2) is 27.8 Å². The number of benzene rings is 1. The molecule has 0 bridgehead atoms. The fraction of sp³-hybridized carbons (Fsp3) is 0.0833. The van der Waals surface area contributed by atoms with E-state index >= 15 is 0 Å². The lowest BCUT2D eigenvalue weighted by Gasteiger charge is -2.11. The molecule has 102 valence electrons. The molecule has 0 unspecified atom stereocenters. The summed E-state index contributed by atoms with van der Waals surface area (Å²) in [6, 6.07) is 5.61. The summed E-state index contributed by atoms with van der Waals surface area (Å²) in [4.78, 5) is 24.0. The standard InChI is InChI=1S/C12H8Cl2N4O2/c1-6-2-11(19)17(12(20)18(6)16)10-3-7(5-15)8(13)4-9(10)14/h2-4H,16H2,1H3. The Hall–Kier alpha value is -2.23. The summed E-state index contributed by atoms with van der Waals surface area (Å²) in [5.41, 5.74) is -0.893. The number of halogens is 2. The van der Waals surface area contributed by atoms with Crippen LogP contribution in [0.3, 0.4) is 0 Å². The Labute approximate surface area is 123 Å².